The molecule has 132 valence electrons. The van der Waals surface area contributed by atoms with Gasteiger partial charge in [-0.05, 0) is 18.9 Å². The highest BCUT2D eigenvalue weighted by atomic mass is 16.3. The summed E-state index contributed by atoms with van der Waals surface area (Å²) in [6, 6.07) is 2.46. The van der Waals surface area contributed by atoms with E-state index in [9.17, 15) is 9.90 Å². The molecular weight excluding hydrogens is 320 g/mol. The third kappa shape index (κ3) is 3.27. The Morgan fingerprint density at radius 3 is 2.76 bits per heavy atom. The lowest BCUT2D eigenvalue weighted by Gasteiger charge is -2.40. The van der Waals surface area contributed by atoms with Crippen molar-refractivity contribution in [3.05, 3.63) is 41.7 Å². The maximum atomic E-state index is 12.5. The van der Waals surface area contributed by atoms with Crippen LogP contribution in [0.15, 0.2) is 24.7 Å². The fourth-order valence-electron chi connectivity index (χ4n) is 3.74. The smallest absolute Gasteiger partial charge is 0.274 e. The Hall–Kier alpha value is -2.32. The van der Waals surface area contributed by atoms with E-state index in [1.807, 2.05) is 15.6 Å². The van der Waals surface area contributed by atoms with Crippen molar-refractivity contribution in [2.75, 3.05) is 19.6 Å². The normalized spacial score (nSPS) is 19.0. The number of rotatable bonds is 3. The molecule has 0 spiro atoms. The van der Waals surface area contributed by atoms with Crippen molar-refractivity contribution in [1.29, 1.82) is 0 Å². The Morgan fingerprint density at radius 1 is 1.20 bits per heavy atom. The molecule has 0 aliphatic carbocycles. The zero-order valence-corrected chi connectivity index (χ0v) is 14.1. The Kier molecular flexibility index (Phi) is 4.46. The molecule has 0 radical (unpaired) electrons. The van der Waals surface area contributed by atoms with Crippen LogP contribution in [0.2, 0.25) is 0 Å². The van der Waals surface area contributed by atoms with Gasteiger partial charge in [-0.15, -0.1) is 0 Å². The molecule has 0 atom stereocenters. The predicted octanol–water partition coefficient (Wildman–Crippen LogP) is 0.286. The van der Waals surface area contributed by atoms with Gasteiger partial charge in [0.05, 0.1) is 30.7 Å². The molecule has 0 aromatic carbocycles. The second-order valence-corrected chi connectivity index (χ2v) is 6.59. The van der Waals surface area contributed by atoms with Crippen LogP contribution in [-0.2, 0) is 19.7 Å². The lowest BCUT2D eigenvalue weighted by molar-refractivity contribution is 0.0564. The number of amides is 1. The Balaban J connectivity index is 1.35. The van der Waals surface area contributed by atoms with Crippen LogP contribution in [0.5, 0.6) is 0 Å². The van der Waals surface area contributed by atoms with Gasteiger partial charge in [-0.25, -0.2) is 4.98 Å². The molecule has 8 heteroatoms. The zero-order chi connectivity index (χ0) is 17.2. The van der Waals surface area contributed by atoms with Crippen molar-refractivity contribution in [2.24, 2.45) is 0 Å². The molecule has 1 saturated heterocycles. The van der Waals surface area contributed by atoms with Gasteiger partial charge in [0, 0.05) is 44.6 Å². The van der Waals surface area contributed by atoms with Crippen molar-refractivity contribution >= 4 is 5.91 Å². The summed E-state index contributed by atoms with van der Waals surface area (Å²) < 4.78 is 1.99. The van der Waals surface area contributed by atoms with Gasteiger partial charge in [0.1, 0.15) is 5.69 Å². The maximum absolute atomic E-state index is 12.5. The minimum absolute atomic E-state index is 0.0110. The van der Waals surface area contributed by atoms with E-state index in [-0.39, 0.29) is 12.5 Å². The summed E-state index contributed by atoms with van der Waals surface area (Å²) in [5.41, 5.74) is 2.31. The Bertz CT molecular complexity index is 739. The summed E-state index contributed by atoms with van der Waals surface area (Å²) >= 11 is 0. The number of carbonyl (C=O) groups excluding carboxylic acids is 1. The summed E-state index contributed by atoms with van der Waals surface area (Å²) in [5.74, 6) is -0.0316. The third-order valence-corrected chi connectivity index (χ3v) is 5.09. The third-order valence-electron chi connectivity index (χ3n) is 5.09. The van der Waals surface area contributed by atoms with Gasteiger partial charge in [-0.2, -0.15) is 5.10 Å². The first-order chi connectivity index (χ1) is 12.2. The van der Waals surface area contributed by atoms with Gasteiger partial charge >= 0.3 is 0 Å². The predicted molar refractivity (Wildman–Crippen MR) is 89.5 cm³/mol. The Labute approximate surface area is 146 Å². The first-order valence-corrected chi connectivity index (χ1v) is 8.70. The van der Waals surface area contributed by atoms with Gasteiger partial charge < -0.3 is 10.0 Å². The largest absolute Gasteiger partial charge is 0.390 e. The standard InChI is InChI=1S/C17H22N6O2/c24-12-13-9-15-11-22(7-8-23(15)20-13)14-1-5-21(6-2-14)17(25)16-10-18-3-4-19-16/h3-4,9-10,14,24H,1-2,5-8,11-12H2. The van der Waals surface area contributed by atoms with Crippen LogP contribution in [0.3, 0.4) is 0 Å². The fraction of sp³-hybridized carbons (Fsp3) is 0.529. The molecule has 2 aliphatic rings. The van der Waals surface area contributed by atoms with Crippen LogP contribution in [0.4, 0.5) is 0 Å². The Morgan fingerprint density at radius 2 is 2.04 bits per heavy atom. The topological polar surface area (TPSA) is 87.4 Å². The number of likely N-dealkylation sites (tertiary alicyclic amines) is 1. The number of aliphatic hydroxyl groups excluding tert-OH is 1. The van der Waals surface area contributed by atoms with Crippen molar-refractivity contribution < 1.29 is 9.90 Å². The number of aromatic nitrogens is 4. The molecule has 0 bridgehead atoms. The molecule has 1 amide bonds. The van der Waals surface area contributed by atoms with E-state index in [1.165, 1.54) is 6.20 Å². The molecule has 2 aromatic heterocycles. The van der Waals surface area contributed by atoms with Crippen LogP contribution in [0.25, 0.3) is 0 Å². The van der Waals surface area contributed by atoms with Crippen LogP contribution < -0.4 is 0 Å². The van der Waals surface area contributed by atoms with Crippen LogP contribution in [0, 0.1) is 0 Å². The summed E-state index contributed by atoms with van der Waals surface area (Å²) in [5, 5.41) is 13.6. The number of aliphatic hydroxyl groups is 1. The molecule has 0 unspecified atom stereocenters. The van der Waals surface area contributed by atoms with Crippen LogP contribution in [-0.4, -0.2) is 66.2 Å². The second-order valence-electron chi connectivity index (χ2n) is 6.59. The summed E-state index contributed by atoms with van der Waals surface area (Å²) in [6.07, 6.45) is 6.59. The highest BCUT2D eigenvalue weighted by Crippen LogP contribution is 2.23. The molecule has 1 N–H and O–H groups in total. The van der Waals surface area contributed by atoms with E-state index in [0.717, 1.165) is 57.0 Å². The van der Waals surface area contributed by atoms with Crippen molar-refractivity contribution in [1.82, 2.24) is 29.5 Å². The number of nitrogens with zero attached hydrogens (tertiary/aromatic N) is 6. The van der Waals surface area contributed by atoms with E-state index < -0.39 is 0 Å². The van der Waals surface area contributed by atoms with E-state index >= 15 is 0 Å². The number of fused-ring (bicyclic) bond motifs is 1. The van der Waals surface area contributed by atoms with Crippen LogP contribution in [0.1, 0.15) is 34.7 Å². The minimum Gasteiger partial charge on any atom is -0.390 e. The zero-order valence-electron chi connectivity index (χ0n) is 14.1. The summed E-state index contributed by atoms with van der Waals surface area (Å²) in [4.78, 5) is 24.9. The van der Waals surface area contributed by atoms with Gasteiger partial charge in [0.25, 0.3) is 5.91 Å². The molecule has 2 aromatic rings. The molecule has 0 saturated carbocycles. The summed E-state index contributed by atoms with van der Waals surface area (Å²) in [6.45, 7) is 4.16. The number of carbonyl (C=O) groups is 1. The first kappa shape index (κ1) is 16.2. The SMILES string of the molecule is O=C(c1cnccn1)N1CCC(N2CCn3nc(CO)cc3C2)CC1. The molecule has 1 fully saturated rings. The lowest BCUT2D eigenvalue weighted by Crippen LogP contribution is -2.48. The first-order valence-electron chi connectivity index (χ1n) is 8.70. The van der Waals surface area contributed by atoms with Gasteiger partial charge in [-0.1, -0.05) is 0 Å². The maximum Gasteiger partial charge on any atom is 0.274 e. The average molecular weight is 342 g/mol. The molecule has 8 nitrogen and oxygen atoms in total. The van der Waals surface area contributed by atoms with Crippen molar-refractivity contribution in [3.8, 4) is 0 Å². The lowest BCUT2D eigenvalue weighted by atomic mass is 10.0. The van der Waals surface area contributed by atoms with Gasteiger partial charge in [0.2, 0.25) is 0 Å². The van der Waals surface area contributed by atoms with E-state index in [1.54, 1.807) is 12.4 Å². The minimum atomic E-state index is -0.0316. The number of piperidine rings is 1. The van der Waals surface area contributed by atoms with E-state index in [2.05, 4.69) is 20.0 Å². The average Bonchev–Trinajstić information content (AvgIpc) is 3.10. The molecule has 2 aliphatic heterocycles. The monoisotopic (exact) mass is 342 g/mol. The van der Waals surface area contributed by atoms with E-state index in [4.69, 9.17) is 0 Å². The quantitative estimate of drug-likeness (QED) is 0.862. The fourth-order valence-corrected chi connectivity index (χ4v) is 3.74. The van der Waals surface area contributed by atoms with Gasteiger partial charge in [0.15, 0.2) is 0 Å². The molecule has 4 heterocycles. The number of hydrogen-bond acceptors (Lipinski definition) is 6. The van der Waals surface area contributed by atoms with Crippen molar-refractivity contribution in [2.45, 2.75) is 38.6 Å². The van der Waals surface area contributed by atoms with E-state index in [0.29, 0.717) is 11.7 Å². The molecule has 4 rings (SSSR count). The second kappa shape index (κ2) is 6.89. The summed E-state index contributed by atoms with van der Waals surface area (Å²) in [7, 11) is 0. The van der Waals surface area contributed by atoms with Crippen LogP contribution >= 0.6 is 0 Å². The molecule has 25 heavy (non-hydrogen) atoms. The van der Waals surface area contributed by atoms with Gasteiger partial charge in [-0.3, -0.25) is 19.4 Å². The van der Waals surface area contributed by atoms with Crippen molar-refractivity contribution in [3.63, 3.8) is 0 Å². The molecular formula is C17H22N6O2. The highest BCUT2D eigenvalue weighted by molar-refractivity contribution is 5.92. The highest BCUT2D eigenvalue weighted by Gasteiger charge is 2.30. The number of hydrogen-bond donors (Lipinski definition) is 1.